The lowest BCUT2D eigenvalue weighted by Gasteiger charge is -2.35. The maximum absolute atomic E-state index is 12.8. The highest BCUT2D eigenvalue weighted by molar-refractivity contribution is 5.89. The Morgan fingerprint density at radius 3 is 2.48 bits per heavy atom. The lowest BCUT2D eigenvalue weighted by molar-refractivity contribution is -0.134. The summed E-state index contributed by atoms with van der Waals surface area (Å²) in [6, 6.07) is 5.64. The van der Waals surface area contributed by atoms with Crippen LogP contribution in [0.25, 0.3) is 0 Å². The molecule has 2 N–H and O–H groups in total. The predicted molar refractivity (Wildman–Crippen MR) is 109 cm³/mol. The van der Waals surface area contributed by atoms with Crippen molar-refractivity contribution in [1.29, 1.82) is 0 Å². The van der Waals surface area contributed by atoms with E-state index in [4.69, 9.17) is 9.47 Å². The van der Waals surface area contributed by atoms with Gasteiger partial charge in [-0.2, -0.15) is 0 Å². The van der Waals surface area contributed by atoms with Crippen LogP contribution in [-0.4, -0.2) is 56.1 Å². The van der Waals surface area contributed by atoms with Crippen LogP contribution in [0.1, 0.15) is 37.7 Å². The molecule has 7 nitrogen and oxygen atoms in total. The van der Waals surface area contributed by atoms with E-state index in [1.54, 1.807) is 14.2 Å². The van der Waals surface area contributed by atoms with Crippen LogP contribution in [0.15, 0.2) is 18.2 Å². The molecule has 1 aromatic carbocycles. The second kappa shape index (κ2) is 8.61. The van der Waals surface area contributed by atoms with E-state index in [1.165, 1.54) is 25.7 Å². The summed E-state index contributed by atoms with van der Waals surface area (Å²) in [4.78, 5) is 27.4. The van der Waals surface area contributed by atoms with Crippen molar-refractivity contribution in [1.82, 2.24) is 15.5 Å². The molecule has 3 aliphatic rings. The highest BCUT2D eigenvalue weighted by atomic mass is 16.5. The fourth-order valence-electron chi connectivity index (χ4n) is 4.34. The van der Waals surface area contributed by atoms with Gasteiger partial charge in [-0.3, -0.25) is 14.5 Å². The summed E-state index contributed by atoms with van der Waals surface area (Å²) in [6.07, 6.45) is 5.08. The molecule has 0 spiro atoms. The Hall–Kier alpha value is -2.28. The van der Waals surface area contributed by atoms with E-state index in [1.807, 2.05) is 18.2 Å². The number of hydrogen-bond donors (Lipinski definition) is 2. The number of carbonyl (C=O) groups excluding carboxylic acids is 2. The summed E-state index contributed by atoms with van der Waals surface area (Å²) in [7, 11) is 3.22. The molecule has 2 aliphatic carbocycles. The zero-order chi connectivity index (χ0) is 20.4. The van der Waals surface area contributed by atoms with Crippen LogP contribution < -0.4 is 20.1 Å². The molecule has 1 unspecified atom stereocenters. The van der Waals surface area contributed by atoms with Crippen LogP contribution in [0, 0.1) is 11.8 Å². The van der Waals surface area contributed by atoms with E-state index in [2.05, 4.69) is 15.5 Å². The monoisotopic (exact) mass is 401 g/mol. The van der Waals surface area contributed by atoms with Crippen molar-refractivity contribution in [3.05, 3.63) is 23.8 Å². The molecule has 4 rings (SSSR count). The molecule has 7 heteroatoms. The Balaban J connectivity index is 1.41. The van der Waals surface area contributed by atoms with Crippen molar-refractivity contribution >= 4 is 11.8 Å². The number of methoxy groups -OCH3 is 2. The lowest BCUT2D eigenvalue weighted by Crippen LogP contribution is -2.56. The molecule has 2 saturated carbocycles. The fourth-order valence-corrected chi connectivity index (χ4v) is 4.34. The van der Waals surface area contributed by atoms with Crippen LogP contribution in [0.5, 0.6) is 11.5 Å². The minimum Gasteiger partial charge on any atom is -0.493 e. The average Bonchev–Trinajstić information content (AvgIpc) is 3.62. The van der Waals surface area contributed by atoms with Crippen molar-refractivity contribution in [3.63, 3.8) is 0 Å². The molecule has 29 heavy (non-hydrogen) atoms. The van der Waals surface area contributed by atoms with Crippen LogP contribution in [0.3, 0.4) is 0 Å². The van der Waals surface area contributed by atoms with Crippen LogP contribution in [0.2, 0.25) is 0 Å². The first-order valence-electron chi connectivity index (χ1n) is 10.6. The molecule has 3 fully saturated rings. The van der Waals surface area contributed by atoms with Gasteiger partial charge in [-0.1, -0.05) is 6.07 Å². The van der Waals surface area contributed by atoms with E-state index in [-0.39, 0.29) is 18.2 Å². The standard InChI is InChI=1S/C22H31N3O4/c1-28-18-8-3-14(11-19(18)29-2)13-25-10-9-23-22(27)17(25)12-20(26)24-21(15-4-5-15)16-6-7-16/h3,8,11,15-17,21H,4-7,9-10,12-13H2,1-2H3,(H,23,27)(H,24,26). The summed E-state index contributed by atoms with van der Waals surface area (Å²) in [5.41, 5.74) is 1.02. The first kappa shape index (κ1) is 20.0. The number of nitrogens with zero attached hydrogens (tertiary/aromatic N) is 1. The minimum absolute atomic E-state index is 0.00633. The molecule has 1 atom stereocenters. The number of ether oxygens (including phenoxy) is 2. The molecule has 1 aromatic rings. The maximum atomic E-state index is 12.8. The minimum atomic E-state index is -0.448. The van der Waals surface area contributed by atoms with Gasteiger partial charge in [-0.15, -0.1) is 0 Å². The maximum Gasteiger partial charge on any atom is 0.237 e. The van der Waals surface area contributed by atoms with Crippen molar-refractivity contribution in [2.24, 2.45) is 11.8 Å². The molecule has 1 aliphatic heterocycles. The van der Waals surface area contributed by atoms with Gasteiger partial charge in [0.05, 0.1) is 26.7 Å². The van der Waals surface area contributed by atoms with Gasteiger partial charge in [-0.05, 0) is 55.2 Å². The number of carbonyl (C=O) groups is 2. The van der Waals surface area contributed by atoms with Gasteiger partial charge in [0.25, 0.3) is 0 Å². The van der Waals surface area contributed by atoms with Gasteiger partial charge in [0.1, 0.15) is 0 Å². The third-order valence-electron chi connectivity index (χ3n) is 6.24. The quantitative estimate of drug-likeness (QED) is 0.658. The van der Waals surface area contributed by atoms with Crippen LogP contribution in [-0.2, 0) is 16.1 Å². The summed E-state index contributed by atoms with van der Waals surface area (Å²) >= 11 is 0. The SMILES string of the molecule is COc1ccc(CN2CCNC(=O)C2CC(=O)NC(C2CC2)C2CC2)cc1OC. The summed E-state index contributed by atoms with van der Waals surface area (Å²) < 4.78 is 10.7. The second-order valence-corrected chi connectivity index (χ2v) is 8.44. The number of piperazine rings is 1. The zero-order valence-corrected chi connectivity index (χ0v) is 17.3. The zero-order valence-electron chi connectivity index (χ0n) is 17.3. The molecule has 0 radical (unpaired) electrons. The summed E-state index contributed by atoms with van der Waals surface area (Å²) in [5, 5.41) is 6.16. The van der Waals surface area contributed by atoms with Gasteiger partial charge in [-0.25, -0.2) is 0 Å². The third kappa shape index (κ3) is 4.83. The molecule has 0 bridgehead atoms. The number of hydrogen-bond acceptors (Lipinski definition) is 5. The Bertz CT molecular complexity index is 748. The highest BCUT2D eigenvalue weighted by Gasteiger charge is 2.42. The molecular weight excluding hydrogens is 370 g/mol. The Morgan fingerprint density at radius 2 is 1.86 bits per heavy atom. The smallest absolute Gasteiger partial charge is 0.237 e. The molecule has 0 aromatic heterocycles. The normalized spacial score (nSPS) is 22.3. The van der Waals surface area contributed by atoms with E-state index in [0.717, 1.165) is 5.56 Å². The predicted octanol–water partition coefficient (Wildman–Crippen LogP) is 1.70. The number of amides is 2. The van der Waals surface area contributed by atoms with Gasteiger partial charge in [0.15, 0.2) is 11.5 Å². The molecule has 1 saturated heterocycles. The number of nitrogens with one attached hydrogen (secondary N) is 2. The Kier molecular flexibility index (Phi) is 5.94. The van der Waals surface area contributed by atoms with Gasteiger partial charge < -0.3 is 20.1 Å². The fraction of sp³-hybridized carbons (Fsp3) is 0.636. The molecule has 1 heterocycles. The number of rotatable bonds is 9. The highest BCUT2D eigenvalue weighted by Crippen LogP contribution is 2.44. The molecular formula is C22H31N3O4. The first-order valence-corrected chi connectivity index (χ1v) is 10.6. The topological polar surface area (TPSA) is 79.9 Å². The average molecular weight is 402 g/mol. The van der Waals surface area contributed by atoms with E-state index >= 15 is 0 Å². The second-order valence-electron chi connectivity index (χ2n) is 8.44. The molecule has 158 valence electrons. The number of benzene rings is 1. The van der Waals surface area contributed by atoms with Crippen molar-refractivity contribution in [2.75, 3.05) is 27.3 Å². The molecule has 2 amide bonds. The van der Waals surface area contributed by atoms with E-state index in [9.17, 15) is 9.59 Å². The van der Waals surface area contributed by atoms with Gasteiger partial charge >= 0.3 is 0 Å². The van der Waals surface area contributed by atoms with Crippen molar-refractivity contribution in [2.45, 2.75) is 50.7 Å². The first-order chi connectivity index (χ1) is 14.1. The lowest BCUT2D eigenvalue weighted by atomic mass is 10.0. The van der Waals surface area contributed by atoms with E-state index < -0.39 is 6.04 Å². The summed E-state index contributed by atoms with van der Waals surface area (Å²) in [6.45, 7) is 1.89. The van der Waals surface area contributed by atoms with Crippen molar-refractivity contribution in [3.8, 4) is 11.5 Å². The van der Waals surface area contributed by atoms with Crippen molar-refractivity contribution < 1.29 is 19.1 Å². The third-order valence-corrected chi connectivity index (χ3v) is 6.24. The Morgan fingerprint density at radius 1 is 1.17 bits per heavy atom. The van der Waals surface area contributed by atoms with E-state index in [0.29, 0.717) is 49.0 Å². The van der Waals surface area contributed by atoms with Gasteiger partial charge in [0, 0.05) is 25.7 Å². The van der Waals surface area contributed by atoms with Crippen LogP contribution >= 0.6 is 0 Å². The largest absolute Gasteiger partial charge is 0.493 e. The Labute approximate surface area is 172 Å². The summed E-state index contributed by atoms with van der Waals surface area (Å²) in [5.74, 6) is 2.56. The van der Waals surface area contributed by atoms with Gasteiger partial charge in [0.2, 0.25) is 11.8 Å². The van der Waals surface area contributed by atoms with Crippen LogP contribution in [0.4, 0.5) is 0 Å².